The van der Waals surface area contributed by atoms with Gasteiger partial charge in [-0.2, -0.15) is 0 Å². The lowest BCUT2D eigenvalue weighted by Crippen LogP contribution is -2.46. The highest BCUT2D eigenvalue weighted by Gasteiger charge is 2.32. The fourth-order valence-corrected chi connectivity index (χ4v) is 4.18. The first-order valence-electron chi connectivity index (χ1n) is 10.6. The first kappa shape index (κ1) is 21.5. The van der Waals surface area contributed by atoms with Gasteiger partial charge in [0.05, 0.1) is 11.4 Å². The van der Waals surface area contributed by atoms with E-state index in [1.54, 1.807) is 62.5 Å². The molecule has 1 aliphatic rings. The smallest absolute Gasteiger partial charge is 0.272 e. The summed E-state index contributed by atoms with van der Waals surface area (Å²) >= 11 is 0. The Morgan fingerprint density at radius 2 is 1.74 bits per heavy atom. The molecular weight excluding hydrogens is 438 g/mol. The van der Waals surface area contributed by atoms with E-state index < -0.39 is 29.6 Å². The van der Waals surface area contributed by atoms with Gasteiger partial charge in [0.2, 0.25) is 6.17 Å². The number of carbonyl (C=O) groups excluding carboxylic acids is 2. The highest BCUT2D eigenvalue weighted by molar-refractivity contribution is 6.20. The number of nitrogens with zero attached hydrogens (tertiary/aromatic N) is 2. The molecule has 0 bridgehead atoms. The Labute approximate surface area is 193 Å². The van der Waals surface area contributed by atoms with Crippen LogP contribution in [0.5, 0.6) is 0 Å². The van der Waals surface area contributed by atoms with Gasteiger partial charge in [-0.15, -0.1) is 0 Å². The molecule has 2 heterocycles. The Kier molecular flexibility index (Phi) is 5.20. The molecule has 0 radical (unpaired) electrons. The van der Waals surface area contributed by atoms with E-state index in [1.807, 2.05) is 0 Å². The number of likely N-dealkylation sites (N-methyl/N-ethyl adjacent to an activating group) is 1. The number of nitrogens with one attached hydrogen (secondary N) is 2. The van der Waals surface area contributed by atoms with Crippen molar-refractivity contribution in [3.63, 3.8) is 0 Å². The number of benzodiazepines with no additional fused rings is 1. The molecule has 5 rings (SSSR count). The van der Waals surface area contributed by atoms with Crippen LogP contribution in [0.1, 0.15) is 27.2 Å². The van der Waals surface area contributed by atoms with Crippen LogP contribution in [0.3, 0.4) is 0 Å². The number of aromatic amines is 1. The van der Waals surface area contributed by atoms with Crippen molar-refractivity contribution in [2.24, 2.45) is 4.99 Å². The van der Waals surface area contributed by atoms with Crippen LogP contribution in [0.4, 0.5) is 14.5 Å². The summed E-state index contributed by atoms with van der Waals surface area (Å²) in [7, 11) is 1.58. The van der Waals surface area contributed by atoms with Crippen LogP contribution in [-0.4, -0.2) is 35.7 Å². The Hall–Kier alpha value is -4.33. The van der Waals surface area contributed by atoms with Gasteiger partial charge in [0.1, 0.15) is 17.3 Å². The molecule has 1 aliphatic heterocycles. The molecule has 8 heteroatoms. The maximum Gasteiger partial charge on any atom is 0.272 e. The van der Waals surface area contributed by atoms with E-state index in [1.165, 1.54) is 23.1 Å². The molecule has 34 heavy (non-hydrogen) atoms. The average molecular weight is 458 g/mol. The summed E-state index contributed by atoms with van der Waals surface area (Å²) in [5.74, 6) is -1.99. The van der Waals surface area contributed by atoms with E-state index in [-0.39, 0.29) is 17.0 Å². The van der Waals surface area contributed by atoms with Crippen LogP contribution in [0.2, 0.25) is 0 Å². The van der Waals surface area contributed by atoms with E-state index in [0.29, 0.717) is 27.7 Å². The molecular formula is C26H20F2N4O2. The van der Waals surface area contributed by atoms with Gasteiger partial charge in [0.25, 0.3) is 11.8 Å². The number of aliphatic imine (C=N–C) groups is 1. The second-order valence-electron chi connectivity index (χ2n) is 8.11. The minimum atomic E-state index is -1.30. The third-order valence-electron chi connectivity index (χ3n) is 5.89. The fourth-order valence-electron chi connectivity index (χ4n) is 4.18. The minimum Gasteiger partial charge on any atom is -0.350 e. The zero-order valence-electron chi connectivity index (χ0n) is 18.4. The van der Waals surface area contributed by atoms with Crippen LogP contribution in [0.25, 0.3) is 10.9 Å². The quantitative estimate of drug-likeness (QED) is 0.480. The third-order valence-corrected chi connectivity index (χ3v) is 5.89. The molecule has 6 nitrogen and oxygen atoms in total. The maximum atomic E-state index is 14.7. The minimum absolute atomic E-state index is 0.156. The number of rotatable bonds is 3. The standard InChI is InChI=1S/C26H20F2N4O2/c1-14-11-15(27)12-20-18(14)13-21(29-20)25(33)31-24-26(34)32(2)22-10-6-4-8-17(22)23(30-24)16-7-3-5-9-19(16)28/h3-13,24,29H,1-2H3,(H,31,33). The monoisotopic (exact) mass is 458 g/mol. The zero-order valence-corrected chi connectivity index (χ0v) is 18.4. The van der Waals surface area contributed by atoms with E-state index in [2.05, 4.69) is 15.3 Å². The van der Waals surface area contributed by atoms with Gasteiger partial charge in [-0.3, -0.25) is 9.59 Å². The van der Waals surface area contributed by atoms with Crippen molar-refractivity contribution in [1.82, 2.24) is 10.3 Å². The normalized spacial score (nSPS) is 15.6. The highest BCUT2D eigenvalue weighted by atomic mass is 19.1. The molecule has 0 saturated heterocycles. The van der Waals surface area contributed by atoms with Gasteiger partial charge in [0, 0.05) is 29.1 Å². The molecule has 1 atom stereocenters. The summed E-state index contributed by atoms with van der Waals surface area (Å²) in [6, 6.07) is 17.5. The number of anilines is 1. The lowest BCUT2D eigenvalue weighted by atomic mass is 10.00. The first-order chi connectivity index (χ1) is 16.3. The number of hydrogen-bond acceptors (Lipinski definition) is 3. The number of para-hydroxylation sites is 1. The number of carbonyl (C=O) groups is 2. The van der Waals surface area contributed by atoms with Crippen molar-refractivity contribution < 1.29 is 18.4 Å². The number of benzene rings is 3. The van der Waals surface area contributed by atoms with Crippen molar-refractivity contribution >= 4 is 34.1 Å². The van der Waals surface area contributed by atoms with Crippen molar-refractivity contribution in [3.05, 3.63) is 101 Å². The zero-order chi connectivity index (χ0) is 24.0. The topological polar surface area (TPSA) is 77.6 Å². The van der Waals surface area contributed by atoms with Crippen LogP contribution in [0, 0.1) is 18.6 Å². The molecule has 0 aliphatic carbocycles. The summed E-state index contributed by atoms with van der Waals surface area (Å²) in [6.07, 6.45) is -1.30. The number of aryl methyl sites for hydroxylation is 1. The van der Waals surface area contributed by atoms with Gasteiger partial charge in [0.15, 0.2) is 0 Å². The summed E-state index contributed by atoms with van der Waals surface area (Å²) in [5.41, 5.74) is 2.88. The molecule has 2 N–H and O–H groups in total. The van der Waals surface area contributed by atoms with Crippen LogP contribution in [0.15, 0.2) is 71.7 Å². The number of fused-ring (bicyclic) bond motifs is 2. The second-order valence-corrected chi connectivity index (χ2v) is 8.11. The SMILES string of the molecule is Cc1cc(F)cc2[nH]c(C(=O)NC3N=C(c4ccccc4F)c4ccccc4N(C)C3=O)cc12. The summed E-state index contributed by atoms with van der Waals surface area (Å²) in [6.45, 7) is 1.74. The molecule has 0 saturated carbocycles. The van der Waals surface area contributed by atoms with Gasteiger partial charge >= 0.3 is 0 Å². The average Bonchev–Trinajstić information content (AvgIpc) is 3.22. The molecule has 2 amide bonds. The predicted octanol–water partition coefficient (Wildman–Crippen LogP) is 4.32. The molecule has 3 aromatic carbocycles. The Morgan fingerprint density at radius 1 is 1.03 bits per heavy atom. The van der Waals surface area contributed by atoms with E-state index in [9.17, 15) is 18.4 Å². The van der Waals surface area contributed by atoms with Gasteiger partial charge in [-0.1, -0.05) is 30.3 Å². The predicted molar refractivity (Wildman–Crippen MR) is 126 cm³/mol. The van der Waals surface area contributed by atoms with Crippen LogP contribution < -0.4 is 10.2 Å². The third kappa shape index (κ3) is 3.63. The number of aromatic nitrogens is 1. The molecule has 1 unspecified atom stereocenters. The number of H-pyrrole nitrogens is 1. The summed E-state index contributed by atoms with van der Waals surface area (Å²) < 4.78 is 28.5. The van der Waals surface area contributed by atoms with Crippen LogP contribution >= 0.6 is 0 Å². The van der Waals surface area contributed by atoms with Gasteiger partial charge in [-0.25, -0.2) is 13.8 Å². The fraction of sp³-hybridized carbons (Fsp3) is 0.115. The van der Waals surface area contributed by atoms with E-state index in [0.717, 1.165) is 0 Å². The van der Waals surface area contributed by atoms with Crippen molar-refractivity contribution in [2.45, 2.75) is 13.1 Å². The Balaban J connectivity index is 1.58. The first-order valence-corrected chi connectivity index (χ1v) is 10.6. The number of amides is 2. The lowest BCUT2D eigenvalue weighted by Gasteiger charge is -2.20. The molecule has 4 aromatic rings. The largest absolute Gasteiger partial charge is 0.350 e. The van der Waals surface area contributed by atoms with Crippen molar-refractivity contribution in [3.8, 4) is 0 Å². The Morgan fingerprint density at radius 3 is 2.50 bits per heavy atom. The van der Waals surface area contributed by atoms with E-state index in [4.69, 9.17) is 0 Å². The van der Waals surface area contributed by atoms with Crippen molar-refractivity contribution in [2.75, 3.05) is 11.9 Å². The number of hydrogen-bond donors (Lipinski definition) is 2. The van der Waals surface area contributed by atoms with Crippen molar-refractivity contribution in [1.29, 1.82) is 0 Å². The Bertz CT molecular complexity index is 1490. The molecule has 0 fully saturated rings. The second kappa shape index (κ2) is 8.22. The molecule has 1 aromatic heterocycles. The number of halogens is 2. The van der Waals surface area contributed by atoms with Gasteiger partial charge < -0.3 is 15.2 Å². The van der Waals surface area contributed by atoms with Crippen LogP contribution in [-0.2, 0) is 4.79 Å². The molecule has 170 valence electrons. The van der Waals surface area contributed by atoms with Gasteiger partial charge in [-0.05, 0) is 48.9 Å². The molecule has 0 spiro atoms. The maximum absolute atomic E-state index is 14.7. The summed E-state index contributed by atoms with van der Waals surface area (Å²) in [5, 5.41) is 3.33. The lowest BCUT2D eigenvalue weighted by molar-refractivity contribution is -0.119. The highest BCUT2D eigenvalue weighted by Crippen LogP contribution is 2.28. The van der Waals surface area contributed by atoms with E-state index >= 15 is 0 Å². The summed E-state index contributed by atoms with van der Waals surface area (Å²) in [4.78, 5) is 35.1.